The fourth-order valence-corrected chi connectivity index (χ4v) is 4.28. The number of benzene rings is 2. The van der Waals surface area contributed by atoms with Gasteiger partial charge in [-0.15, -0.1) is 0 Å². The second-order valence-corrected chi connectivity index (χ2v) is 7.99. The summed E-state index contributed by atoms with van der Waals surface area (Å²) in [6.45, 7) is 1.77. The summed E-state index contributed by atoms with van der Waals surface area (Å²) in [6, 6.07) is 10.4. The van der Waals surface area contributed by atoms with E-state index in [0.717, 1.165) is 42.8 Å². The van der Waals surface area contributed by atoms with E-state index < -0.39 is 17.4 Å². The number of hydrogen-bond donors (Lipinski definition) is 2. The number of anilines is 1. The molecule has 2 aromatic carbocycles. The maximum Gasteiger partial charge on any atom is 0.288 e. The Kier molecular flexibility index (Phi) is 4.90. The van der Waals surface area contributed by atoms with E-state index in [2.05, 4.69) is 15.1 Å². The van der Waals surface area contributed by atoms with Crippen molar-refractivity contribution < 1.29 is 13.5 Å². The van der Waals surface area contributed by atoms with Crippen LogP contribution in [-0.2, 0) is 0 Å². The normalized spacial score (nSPS) is 16.7. The molecule has 4 aromatic rings. The first kappa shape index (κ1) is 20.2. The molecule has 164 valence electrons. The molecule has 7 nitrogen and oxygen atoms in total. The van der Waals surface area contributed by atoms with Gasteiger partial charge in [-0.3, -0.25) is 4.79 Å². The van der Waals surface area contributed by atoms with Gasteiger partial charge >= 0.3 is 0 Å². The van der Waals surface area contributed by atoms with E-state index in [1.165, 1.54) is 6.07 Å². The molecule has 0 aliphatic carbocycles. The fraction of sp³-hybridized carbons (Fsp3) is 0.217. The van der Waals surface area contributed by atoms with E-state index in [-0.39, 0.29) is 23.2 Å². The van der Waals surface area contributed by atoms with Gasteiger partial charge in [0, 0.05) is 24.3 Å². The molecule has 1 fully saturated rings. The van der Waals surface area contributed by atoms with Gasteiger partial charge in [-0.25, -0.2) is 13.9 Å². The quantitative estimate of drug-likeness (QED) is 0.505. The highest BCUT2D eigenvalue weighted by Gasteiger charge is 2.26. The van der Waals surface area contributed by atoms with Crippen molar-refractivity contribution in [2.75, 3.05) is 25.9 Å². The average molecular weight is 437 g/mol. The molecule has 0 bridgehead atoms. The Morgan fingerprint density at radius 2 is 1.88 bits per heavy atom. The number of nitrogens with one attached hydrogen (secondary N) is 1. The van der Waals surface area contributed by atoms with Crippen molar-refractivity contribution in [3.05, 3.63) is 70.6 Å². The summed E-state index contributed by atoms with van der Waals surface area (Å²) in [5, 5.41) is 7.00. The number of fused-ring (bicyclic) bond motifs is 1. The van der Waals surface area contributed by atoms with Gasteiger partial charge in [-0.2, -0.15) is 5.10 Å². The van der Waals surface area contributed by atoms with Crippen LogP contribution in [0.4, 0.5) is 14.6 Å². The number of likely N-dealkylation sites (tertiary alicyclic amines) is 1. The predicted octanol–water partition coefficient (Wildman–Crippen LogP) is 3.92. The Morgan fingerprint density at radius 3 is 2.53 bits per heavy atom. The van der Waals surface area contributed by atoms with Gasteiger partial charge in [0.15, 0.2) is 23.2 Å². The molecule has 1 atom stereocenters. The lowest BCUT2D eigenvalue weighted by atomic mass is 10.1. The Labute approximate surface area is 182 Å². The highest BCUT2D eigenvalue weighted by Crippen LogP contribution is 2.36. The molecule has 3 N–H and O–H groups in total. The molecule has 5 rings (SSSR count). The molecule has 1 unspecified atom stereocenters. The van der Waals surface area contributed by atoms with Gasteiger partial charge in [-0.1, -0.05) is 18.2 Å². The fourth-order valence-electron chi connectivity index (χ4n) is 4.28. The second kappa shape index (κ2) is 7.76. The maximum atomic E-state index is 13.9. The topological polar surface area (TPSA) is 89.2 Å². The van der Waals surface area contributed by atoms with E-state index in [1.807, 2.05) is 17.8 Å². The lowest BCUT2D eigenvalue weighted by molar-refractivity contribution is 0.395. The SMILES string of the molecule is CN1CCC(n2cc(-c3ccc(Oc4c(F)cccc4F)cc3)c3c(N)n[nH]c(=O)c32)C1. The van der Waals surface area contributed by atoms with E-state index in [4.69, 9.17) is 10.5 Å². The standard InChI is InChI=1S/C23H21F2N5O2/c1-29-10-9-14(11-29)30-12-16(19-20(30)23(31)28-27-22(19)26)13-5-7-15(8-6-13)32-21-17(24)3-2-4-18(21)25/h2-8,12,14H,9-11H2,1H3,(H2,26,27)(H,28,31). The molecule has 0 saturated carbocycles. The molecule has 0 spiro atoms. The van der Waals surface area contributed by atoms with Crippen LogP contribution in [0, 0.1) is 11.6 Å². The molecule has 0 amide bonds. The molecule has 32 heavy (non-hydrogen) atoms. The number of aromatic nitrogens is 3. The number of para-hydroxylation sites is 1. The van der Waals surface area contributed by atoms with Gasteiger partial charge < -0.3 is 19.9 Å². The van der Waals surface area contributed by atoms with Gasteiger partial charge in [0.05, 0.1) is 5.39 Å². The first-order chi connectivity index (χ1) is 15.4. The van der Waals surface area contributed by atoms with Crippen molar-refractivity contribution in [1.82, 2.24) is 19.7 Å². The van der Waals surface area contributed by atoms with Crippen LogP contribution in [0.15, 0.2) is 53.5 Å². The third-order valence-corrected chi connectivity index (χ3v) is 5.85. The molecule has 1 aliphatic heterocycles. The molecule has 2 aromatic heterocycles. The number of ether oxygens (including phenoxy) is 1. The van der Waals surface area contributed by atoms with Crippen molar-refractivity contribution >= 4 is 16.7 Å². The first-order valence-corrected chi connectivity index (χ1v) is 10.2. The number of aromatic amines is 1. The molecule has 9 heteroatoms. The van der Waals surface area contributed by atoms with Crippen LogP contribution < -0.4 is 16.0 Å². The first-order valence-electron chi connectivity index (χ1n) is 10.2. The van der Waals surface area contributed by atoms with E-state index in [1.54, 1.807) is 24.3 Å². The minimum Gasteiger partial charge on any atom is -0.451 e. The predicted molar refractivity (Wildman–Crippen MR) is 118 cm³/mol. The highest BCUT2D eigenvalue weighted by molar-refractivity contribution is 6.02. The summed E-state index contributed by atoms with van der Waals surface area (Å²) < 4.78 is 35.2. The molecular formula is C23H21F2N5O2. The van der Waals surface area contributed by atoms with Gasteiger partial charge in [0.2, 0.25) is 0 Å². The van der Waals surface area contributed by atoms with Gasteiger partial charge in [0.1, 0.15) is 11.3 Å². The number of rotatable bonds is 4. The molecule has 1 aliphatic rings. The number of hydrogen-bond acceptors (Lipinski definition) is 5. The Hall–Kier alpha value is -3.72. The second-order valence-electron chi connectivity index (χ2n) is 7.99. The van der Waals surface area contributed by atoms with E-state index >= 15 is 0 Å². The highest BCUT2D eigenvalue weighted by atomic mass is 19.1. The number of halogens is 2. The number of likely N-dealkylation sites (N-methyl/N-ethyl adjacent to an activating group) is 1. The van der Waals surface area contributed by atoms with Crippen molar-refractivity contribution in [1.29, 1.82) is 0 Å². The van der Waals surface area contributed by atoms with E-state index in [0.29, 0.717) is 10.9 Å². The zero-order valence-electron chi connectivity index (χ0n) is 17.3. The van der Waals surface area contributed by atoms with Crippen LogP contribution in [0.2, 0.25) is 0 Å². The Morgan fingerprint density at radius 1 is 1.16 bits per heavy atom. The molecule has 3 heterocycles. The number of nitrogens with two attached hydrogens (primary N) is 1. The van der Waals surface area contributed by atoms with Crippen LogP contribution in [0.25, 0.3) is 22.0 Å². The van der Waals surface area contributed by atoms with Crippen LogP contribution in [-0.4, -0.2) is 39.8 Å². The summed E-state index contributed by atoms with van der Waals surface area (Å²) in [5.41, 5.74) is 7.88. The summed E-state index contributed by atoms with van der Waals surface area (Å²) >= 11 is 0. The lowest BCUT2D eigenvalue weighted by Crippen LogP contribution is -2.19. The number of nitrogens with zero attached hydrogens (tertiary/aromatic N) is 3. The van der Waals surface area contributed by atoms with Crippen molar-refractivity contribution in [2.24, 2.45) is 0 Å². The van der Waals surface area contributed by atoms with Crippen molar-refractivity contribution in [3.63, 3.8) is 0 Å². The molecular weight excluding hydrogens is 416 g/mol. The van der Waals surface area contributed by atoms with Crippen molar-refractivity contribution in [2.45, 2.75) is 12.5 Å². The Balaban J connectivity index is 1.56. The summed E-state index contributed by atoms with van der Waals surface area (Å²) in [5.74, 6) is -1.51. The van der Waals surface area contributed by atoms with Gasteiger partial charge in [0.25, 0.3) is 5.56 Å². The third-order valence-electron chi connectivity index (χ3n) is 5.85. The minimum atomic E-state index is -0.781. The maximum absolute atomic E-state index is 13.9. The van der Waals surface area contributed by atoms with Crippen LogP contribution in [0.5, 0.6) is 11.5 Å². The number of nitrogen functional groups attached to an aromatic ring is 1. The van der Waals surface area contributed by atoms with Crippen LogP contribution in [0.3, 0.4) is 0 Å². The monoisotopic (exact) mass is 437 g/mol. The van der Waals surface area contributed by atoms with E-state index in [9.17, 15) is 13.6 Å². The third kappa shape index (κ3) is 3.40. The Bertz CT molecular complexity index is 1340. The van der Waals surface area contributed by atoms with Crippen LogP contribution >= 0.6 is 0 Å². The lowest BCUT2D eigenvalue weighted by Gasteiger charge is -2.13. The summed E-state index contributed by atoms with van der Waals surface area (Å²) in [4.78, 5) is 14.9. The summed E-state index contributed by atoms with van der Waals surface area (Å²) in [6.07, 6.45) is 2.84. The molecule has 1 saturated heterocycles. The van der Waals surface area contributed by atoms with Crippen molar-refractivity contribution in [3.8, 4) is 22.6 Å². The smallest absolute Gasteiger partial charge is 0.288 e. The van der Waals surface area contributed by atoms with Crippen LogP contribution in [0.1, 0.15) is 12.5 Å². The van der Waals surface area contributed by atoms with Gasteiger partial charge in [-0.05, 0) is 49.8 Å². The zero-order valence-corrected chi connectivity index (χ0v) is 17.3. The molecule has 0 radical (unpaired) electrons. The number of H-pyrrole nitrogens is 1. The zero-order chi connectivity index (χ0) is 22.4. The minimum absolute atomic E-state index is 0.144. The largest absolute Gasteiger partial charge is 0.451 e. The summed E-state index contributed by atoms with van der Waals surface area (Å²) in [7, 11) is 2.05. The average Bonchev–Trinajstić information content (AvgIpc) is 3.39.